The Bertz CT molecular complexity index is 928. The first-order valence-corrected chi connectivity index (χ1v) is 8.83. The topological polar surface area (TPSA) is 110 Å². The molecule has 1 heterocycles. The van der Waals surface area contributed by atoms with Gasteiger partial charge in [0.05, 0.1) is 15.9 Å². The van der Waals surface area contributed by atoms with Gasteiger partial charge in [-0.25, -0.2) is 0 Å². The number of amides is 1. The van der Waals surface area contributed by atoms with E-state index >= 15 is 0 Å². The van der Waals surface area contributed by atoms with Gasteiger partial charge < -0.3 is 9.80 Å². The SMILES string of the molecule is Cc1ccc(C(=O)N2CCN(c3ccc([N+](=O)[O-])cc3[N+](=O)[O-])C[C@@H]2C)cc1. The van der Waals surface area contributed by atoms with Gasteiger partial charge in [-0.3, -0.25) is 25.0 Å². The molecule has 9 nitrogen and oxygen atoms in total. The Morgan fingerprint density at radius 1 is 1.04 bits per heavy atom. The number of nitro benzene ring substituents is 2. The molecule has 1 aliphatic rings. The summed E-state index contributed by atoms with van der Waals surface area (Å²) in [5.41, 5.74) is 1.37. The fraction of sp³-hybridized carbons (Fsp3) is 0.316. The van der Waals surface area contributed by atoms with Crippen LogP contribution in [0.1, 0.15) is 22.8 Å². The average molecular weight is 384 g/mol. The van der Waals surface area contributed by atoms with E-state index in [1.165, 1.54) is 12.1 Å². The average Bonchev–Trinajstić information content (AvgIpc) is 2.67. The van der Waals surface area contributed by atoms with Gasteiger partial charge in [0.15, 0.2) is 0 Å². The maximum absolute atomic E-state index is 12.8. The van der Waals surface area contributed by atoms with Crippen molar-refractivity contribution in [3.63, 3.8) is 0 Å². The van der Waals surface area contributed by atoms with E-state index in [9.17, 15) is 25.0 Å². The van der Waals surface area contributed by atoms with Crippen LogP contribution in [-0.4, -0.2) is 46.3 Å². The highest BCUT2D eigenvalue weighted by molar-refractivity contribution is 5.94. The summed E-state index contributed by atoms with van der Waals surface area (Å²) in [6, 6.07) is 10.8. The zero-order valence-corrected chi connectivity index (χ0v) is 15.6. The summed E-state index contributed by atoms with van der Waals surface area (Å²) < 4.78 is 0. The minimum atomic E-state index is -0.655. The molecule has 3 rings (SSSR count). The van der Waals surface area contributed by atoms with Crippen molar-refractivity contribution in [2.24, 2.45) is 0 Å². The molecule has 0 spiro atoms. The number of nitro groups is 2. The number of anilines is 1. The lowest BCUT2D eigenvalue weighted by atomic mass is 10.1. The van der Waals surface area contributed by atoms with Gasteiger partial charge in [-0.15, -0.1) is 0 Å². The van der Waals surface area contributed by atoms with Crippen molar-refractivity contribution in [2.45, 2.75) is 19.9 Å². The summed E-state index contributed by atoms with van der Waals surface area (Å²) in [5.74, 6) is -0.0784. The number of nitrogens with zero attached hydrogens (tertiary/aromatic N) is 4. The highest BCUT2D eigenvalue weighted by Crippen LogP contribution is 2.33. The van der Waals surface area contributed by atoms with Crippen LogP contribution in [-0.2, 0) is 0 Å². The van der Waals surface area contributed by atoms with Crippen LogP contribution in [0.3, 0.4) is 0 Å². The first-order valence-electron chi connectivity index (χ1n) is 8.83. The summed E-state index contributed by atoms with van der Waals surface area (Å²) >= 11 is 0. The van der Waals surface area contributed by atoms with Gasteiger partial charge in [0.1, 0.15) is 5.69 Å². The van der Waals surface area contributed by atoms with E-state index in [2.05, 4.69) is 0 Å². The van der Waals surface area contributed by atoms with Crippen LogP contribution < -0.4 is 4.90 Å². The smallest absolute Gasteiger partial charge is 0.299 e. The highest BCUT2D eigenvalue weighted by Gasteiger charge is 2.31. The van der Waals surface area contributed by atoms with Crippen molar-refractivity contribution in [3.05, 3.63) is 73.8 Å². The molecule has 1 amide bonds. The maximum Gasteiger partial charge on any atom is 0.299 e. The number of hydrogen-bond donors (Lipinski definition) is 0. The second-order valence-electron chi connectivity index (χ2n) is 6.85. The van der Waals surface area contributed by atoms with Crippen LogP contribution >= 0.6 is 0 Å². The van der Waals surface area contributed by atoms with Gasteiger partial charge in [0.2, 0.25) is 0 Å². The molecule has 1 atom stereocenters. The number of rotatable bonds is 4. The molecule has 0 N–H and O–H groups in total. The molecule has 28 heavy (non-hydrogen) atoms. The van der Waals surface area contributed by atoms with Gasteiger partial charge >= 0.3 is 0 Å². The zero-order chi connectivity index (χ0) is 20.4. The minimum Gasteiger partial charge on any atom is -0.362 e. The first kappa shape index (κ1) is 19.3. The van der Waals surface area contributed by atoms with Gasteiger partial charge in [-0.2, -0.15) is 0 Å². The molecule has 9 heteroatoms. The maximum atomic E-state index is 12.8. The number of non-ortho nitro benzene ring substituents is 1. The van der Waals surface area contributed by atoms with E-state index < -0.39 is 9.85 Å². The largest absolute Gasteiger partial charge is 0.362 e. The van der Waals surface area contributed by atoms with Crippen molar-refractivity contribution < 1.29 is 14.6 Å². The predicted molar refractivity (Wildman–Crippen MR) is 104 cm³/mol. The Hall–Kier alpha value is -3.49. The van der Waals surface area contributed by atoms with Crippen molar-refractivity contribution in [2.75, 3.05) is 24.5 Å². The molecular weight excluding hydrogens is 364 g/mol. The number of carbonyl (C=O) groups excluding carboxylic acids is 1. The molecule has 0 bridgehead atoms. The normalized spacial score (nSPS) is 16.7. The van der Waals surface area contributed by atoms with E-state index in [0.29, 0.717) is 30.9 Å². The summed E-state index contributed by atoms with van der Waals surface area (Å²) in [6.45, 7) is 5.04. The standard InChI is InChI=1S/C19H20N4O5/c1-13-3-5-15(6-4-13)19(24)21-10-9-20(12-14(21)2)17-8-7-16(22(25)26)11-18(17)23(27)28/h3-8,11,14H,9-10,12H2,1-2H3/t14-/m0/s1. The third-order valence-electron chi connectivity index (χ3n) is 4.89. The highest BCUT2D eigenvalue weighted by atomic mass is 16.6. The number of carbonyl (C=O) groups is 1. The molecule has 146 valence electrons. The van der Waals surface area contributed by atoms with Crippen LogP contribution in [0.5, 0.6) is 0 Å². The lowest BCUT2D eigenvalue weighted by Crippen LogP contribution is -2.54. The second kappa shape index (κ2) is 7.63. The Morgan fingerprint density at radius 3 is 2.29 bits per heavy atom. The Balaban J connectivity index is 1.80. The number of benzene rings is 2. The van der Waals surface area contributed by atoms with Crippen LogP contribution in [0.15, 0.2) is 42.5 Å². The molecule has 1 fully saturated rings. The molecule has 2 aromatic carbocycles. The summed E-state index contributed by atoms with van der Waals surface area (Å²) in [6.07, 6.45) is 0. The predicted octanol–water partition coefficient (Wildman–Crippen LogP) is 3.16. The van der Waals surface area contributed by atoms with Crippen LogP contribution in [0, 0.1) is 27.2 Å². The van der Waals surface area contributed by atoms with E-state index in [-0.39, 0.29) is 23.3 Å². The molecule has 1 aliphatic heterocycles. The first-order chi connectivity index (χ1) is 13.3. The van der Waals surface area contributed by atoms with Gasteiger partial charge in [-0.05, 0) is 32.0 Å². The van der Waals surface area contributed by atoms with Crippen molar-refractivity contribution in [1.82, 2.24) is 4.90 Å². The number of aryl methyl sites for hydroxylation is 1. The fourth-order valence-corrected chi connectivity index (χ4v) is 3.38. The second-order valence-corrected chi connectivity index (χ2v) is 6.85. The van der Waals surface area contributed by atoms with Crippen LogP contribution in [0.4, 0.5) is 17.1 Å². The van der Waals surface area contributed by atoms with Crippen molar-refractivity contribution >= 4 is 23.0 Å². The quantitative estimate of drug-likeness (QED) is 0.591. The van der Waals surface area contributed by atoms with E-state index in [0.717, 1.165) is 11.6 Å². The molecule has 0 aromatic heterocycles. The van der Waals surface area contributed by atoms with Gasteiger partial charge in [0, 0.05) is 37.3 Å². The third kappa shape index (κ3) is 3.78. The Kier molecular flexibility index (Phi) is 5.25. The Morgan fingerprint density at radius 2 is 1.71 bits per heavy atom. The van der Waals surface area contributed by atoms with Crippen LogP contribution in [0.25, 0.3) is 0 Å². The summed E-state index contributed by atoms with van der Waals surface area (Å²) in [4.78, 5) is 37.4. The molecule has 0 aliphatic carbocycles. The number of hydrogen-bond acceptors (Lipinski definition) is 6. The molecule has 0 saturated carbocycles. The van der Waals surface area contributed by atoms with Crippen molar-refractivity contribution in [3.8, 4) is 0 Å². The third-order valence-corrected chi connectivity index (χ3v) is 4.89. The zero-order valence-electron chi connectivity index (χ0n) is 15.6. The molecule has 0 radical (unpaired) electrons. The number of piperazine rings is 1. The molecule has 1 saturated heterocycles. The minimum absolute atomic E-state index is 0.0784. The van der Waals surface area contributed by atoms with E-state index in [1.807, 2.05) is 26.0 Å². The van der Waals surface area contributed by atoms with E-state index in [4.69, 9.17) is 0 Å². The Labute approximate surface area is 161 Å². The van der Waals surface area contributed by atoms with Crippen LogP contribution in [0.2, 0.25) is 0 Å². The lowest BCUT2D eigenvalue weighted by molar-refractivity contribution is -0.393. The monoisotopic (exact) mass is 384 g/mol. The molecule has 2 aromatic rings. The van der Waals surface area contributed by atoms with Gasteiger partial charge in [0.25, 0.3) is 17.3 Å². The van der Waals surface area contributed by atoms with E-state index in [1.54, 1.807) is 21.9 Å². The fourth-order valence-electron chi connectivity index (χ4n) is 3.38. The molecule has 0 unspecified atom stereocenters. The lowest BCUT2D eigenvalue weighted by Gasteiger charge is -2.40. The summed E-state index contributed by atoms with van der Waals surface area (Å²) in [7, 11) is 0. The molecular formula is C19H20N4O5. The van der Waals surface area contributed by atoms with Gasteiger partial charge in [-0.1, -0.05) is 17.7 Å². The summed E-state index contributed by atoms with van der Waals surface area (Å²) in [5, 5.41) is 22.3. The van der Waals surface area contributed by atoms with Crippen molar-refractivity contribution in [1.29, 1.82) is 0 Å².